The summed E-state index contributed by atoms with van der Waals surface area (Å²) in [5.41, 5.74) is 0. The van der Waals surface area contributed by atoms with E-state index in [1.807, 2.05) is 6.92 Å². The summed E-state index contributed by atoms with van der Waals surface area (Å²) in [7, 11) is 0. The lowest BCUT2D eigenvalue weighted by atomic mass is 9.92. The van der Waals surface area contributed by atoms with Crippen LogP contribution in [0.5, 0.6) is 0 Å². The van der Waals surface area contributed by atoms with E-state index in [-0.39, 0.29) is 6.10 Å². The van der Waals surface area contributed by atoms with E-state index in [1.165, 1.54) is 0 Å². The van der Waals surface area contributed by atoms with Crippen LogP contribution in [0.2, 0.25) is 0 Å². The van der Waals surface area contributed by atoms with E-state index < -0.39 is 12.1 Å². The second-order valence-corrected chi connectivity index (χ2v) is 4.78. The van der Waals surface area contributed by atoms with Crippen LogP contribution in [0.25, 0.3) is 0 Å². The molecule has 0 saturated heterocycles. The van der Waals surface area contributed by atoms with Crippen LogP contribution in [0.3, 0.4) is 0 Å². The molecule has 1 fully saturated rings. The van der Waals surface area contributed by atoms with Crippen molar-refractivity contribution >= 4 is 5.97 Å². The maximum absolute atomic E-state index is 11.0. The highest BCUT2D eigenvalue weighted by molar-refractivity contribution is 5.72. The van der Waals surface area contributed by atoms with Crippen LogP contribution < -0.4 is 5.32 Å². The SMILES string of the molecule is CCCC(OC1CCC(NCC)CC1)C(=O)O. The van der Waals surface area contributed by atoms with Gasteiger partial charge < -0.3 is 15.2 Å². The molecule has 1 atom stereocenters. The summed E-state index contributed by atoms with van der Waals surface area (Å²) in [5.74, 6) is -0.819. The molecule has 1 aliphatic carbocycles. The summed E-state index contributed by atoms with van der Waals surface area (Å²) in [6.07, 6.45) is 5.13. The molecular weight excluding hydrogens is 218 g/mol. The van der Waals surface area contributed by atoms with Gasteiger partial charge in [-0.3, -0.25) is 0 Å². The fourth-order valence-corrected chi connectivity index (χ4v) is 2.44. The molecule has 100 valence electrons. The standard InChI is InChI=1S/C13H25NO3/c1-3-5-12(13(15)16)17-11-8-6-10(7-9-11)14-4-2/h10-12,14H,3-9H2,1-2H3,(H,15,16). The van der Waals surface area contributed by atoms with Crippen LogP contribution in [0.4, 0.5) is 0 Å². The van der Waals surface area contributed by atoms with Crippen molar-refractivity contribution in [2.24, 2.45) is 0 Å². The Balaban J connectivity index is 2.30. The van der Waals surface area contributed by atoms with Crippen LogP contribution >= 0.6 is 0 Å². The third-order valence-corrected chi connectivity index (χ3v) is 3.35. The molecule has 0 aliphatic heterocycles. The number of carboxylic acids is 1. The van der Waals surface area contributed by atoms with Crippen LogP contribution in [0, 0.1) is 0 Å². The molecule has 0 aromatic carbocycles. The molecule has 0 aromatic heterocycles. The molecule has 4 nitrogen and oxygen atoms in total. The highest BCUT2D eigenvalue weighted by Crippen LogP contribution is 2.23. The van der Waals surface area contributed by atoms with Gasteiger partial charge in [-0.15, -0.1) is 0 Å². The first-order chi connectivity index (χ1) is 8.17. The number of hydrogen-bond donors (Lipinski definition) is 2. The maximum Gasteiger partial charge on any atom is 0.332 e. The Hall–Kier alpha value is -0.610. The highest BCUT2D eigenvalue weighted by Gasteiger charge is 2.26. The average molecular weight is 243 g/mol. The zero-order valence-corrected chi connectivity index (χ0v) is 10.9. The lowest BCUT2D eigenvalue weighted by Gasteiger charge is -2.30. The number of aliphatic carboxylic acids is 1. The van der Waals surface area contributed by atoms with Crippen LogP contribution in [0.15, 0.2) is 0 Å². The summed E-state index contributed by atoms with van der Waals surface area (Å²) >= 11 is 0. The monoisotopic (exact) mass is 243 g/mol. The lowest BCUT2D eigenvalue weighted by molar-refractivity contribution is -0.156. The fraction of sp³-hybridized carbons (Fsp3) is 0.923. The van der Waals surface area contributed by atoms with Gasteiger partial charge in [0.25, 0.3) is 0 Å². The topological polar surface area (TPSA) is 58.6 Å². The summed E-state index contributed by atoms with van der Waals surface area (Å²) in [5, 5.41) is 12.5. The molecule has 0 bridgehead atoms. The van der Waals surface area contributed by atoms with Crippen molar-refractivity contribution in [2.45, 2.75) is 70.6 Å². The largest absolute Gasteiger partial charge is 0.479 e. The predicted octanol–water partition coefficient (Wildman–Crippen LogP) is 2.18. The number of nitrogens with one attached hydrogen (secondary N) is 1. The molecule has 1 saturated carbocycles. The smallest absolute Gasteiger partial charge is 0.332 e. The molecule has 1 rings (SSSR count). The summed E-state index contributed by atoms with van der Waals surface area (Å²) < 4.78 is 5.69. The minimum absolute atomic E-state index is 0.137. The average Bonchev–Trinajstić information content (AvgIpc) is 2.31. The Morgan fingerprint density at radius 1 is 1.35 bits per heavy atom. The van der Waals surface area contributed by atoms with E-state index in [0.717, 1.165) is 38.6 Å². The van der Waals surface area contributed by atoms with Crippen molar-refractivity contribution in [2.75, 3.05) is 6.54 Å². The van der Waals surface area contributed by atoms with Gasteiger partial charge in [0.1, 0.15) is 0 Å². The van der Waals surface area contributed by atoms with Crippen molar-refractivity contribution in [1.82, 2.24) is 5.32 Å². The van der Waals surface area contributed by atoms with Crippen molar-refractivity contribution in [3.8, 4) is 0 Å². The molecule has 0 amide bonds. The van der Waals surface area contributed by atoms with Crippen molar-refractivity contribution < 1.29 is 14.6 Å². The van der Waals surface area contributed by atoms with E-state index in [4.69, 9.17) is 9.84 Å². The molecular formula is C13H25NO3. The number of carbonyl (C=O) groups is 1. The Kier molecular flexibility index (Phi) is 6.52. The summed E-state index contributed by atoms with van der Waals surface area (Å²) in [6, 6.07) is 0.592. The van der Waals surface area contributed by atoms with E-state index >= 15 is 0 Å². The van der Waals surface area contributed by atoms with E-state index in [1.54, 1.807) is 0 Å². The van der Waals surface area contributed by atoms with Gasteiger partial charge in [0.05, 0.1) is 6.10 Å². The summed E-state index contributed by atoms with van der Waals surface area (Å²) in [6.45, 7) is 5.11. The number of ether oxygens (including phenoxy) is 1. The number of carboxylic acid groups (broad SMARTS) is 1. The lowest BCUT2D eigenvalue weighted by Crippen LogP contribution is -2.37. The Labute approximate surface area is 104 Å². The van der Waals surface area contributed by atoms with Gasteiger partial charge in [0.15, 0.2) is 6.10 Å². The first-order valence-electron chi connectivity index (χ1n) is 6.79. The molecule has 17 heavy (non-hydrogen) atoms. The van der Waals surface area contributed by atoms with Crippen LogP contribution in [-0.4, -0.2) is 35.9 Å². The fourth-order valence-electron chi connectivity index (χ4n) is 2.44. The van der Waals surface area contributed by atoms with Crippen molar-refractivity contribution in [3.05, 3.63) is 0 Å². The minimum atomic E-state index is -0.819. The first kappa shape index (κ1) is 14.5. The van der Waals surface area contributed by atoms with Crippen LogP contribution in [0.1, 0.15) is 52.4 Å². The summed E-state index contributed by atoms with van der Waals surface area (Å²) in [4.78, 5) is 11.0. The van der Waals surface area contributed by atoms with E-state index in [9.17, 15) is 4.79 Å². The molecule has 0 spiro atoms. The van der Waals surface area contributed by atoms with Crippen molar-refractivity contribution in [3.63, 3.8) is 0 Å². The van der Waals surface area contributed by atoms with E-state index in [0.29, 0.717) is 12.5 Å². The quantitative estimate of drug-likeness (QED) is 0.719. The van der Waals surface area contributed by atoms with Gasteiger partial charge in [-0.25, -0.2) is 4.79 Å². The van der Waals surface area contributed by atoms with Gasteiger partial charge in [-0.1, -0.05) is 20.3 Å². The zero-order valence-electron chi connectivity index (χ0n) is 10.9. The number of rotatable bonds is 7. The van der Waals surface area contributed by atoms with Gasteiger partial charge in [0.2, 0.25) is 0 Å². The first-order valence-corrected chi connectivity index (χ1v) is 6.79. The zero-order chi connectivity index (χ0) is 12.7. The van der Waals surface area contributed by atoms with Crippen molar-refractivity contribution in [1.29, 1.82) is 0 Å². The Bertz CT molecular complexity index is 225. The third kappa shape index (κ3) is 5.04. The van der Waals surface area contributed by atoms with Gasteiger partial charge in [-0.2, -0.15) is 0 Å². The van der Waals surface area contributed by atoms with Crippen LogP contribution in [-0.2, 0) is 9.53 Å². The second-order valence-electron chi connectivity index (χ2n) is 4.78. The normalized spacial score (nSPS) is 26.7. The molecule has 1 aliphatic rings. The number of hydrogen-bond acceptors (Lipinski definition) is 3. The molecule has 0 radical (unpaired) electrons. The molecule has 1 unspecified atom stereocenters. The molecule has 0 heterocycles. The molecule has 2 N–H and O–H groups in total. The highest BCUT2D eigenvalue weighted by atomic mass is 16.5. The van der Waals surface area contributed by atoms with E-state index in [2.05, 4.69) is 12.2 Å². The maximum atomic E-state index is 11.0. The Morgan fingerprint density at radius 2 is 2.00 bits per heavy atom. The minimum Gasteiger partial charge on any atom is -0.479 e. The van der Waals surface area contributed by atoms with Gasteiger partial charge in [-0.05, 0) is 38.6 Å². The molecule has 0 aromatic rings. The van der Waals surface area contributed by atoms with Gasteiger partial charge in [0, 0.05) is 6.04 Å². The predicted molar refractivity (Wildman–Crippen MR) is 67.1 cm³/mol. The third-order valence-electron chi connectivity index (χ3n) is 3.35. The Morgan fingerprint density at radius 3 is 2.47 bits per heavy atom. The molecule has 4 heteroatoms. The second kappa shape index (κ2) is 7.67. The van der Waals surface area contributed by atoms with Gasteiger partial charge >= 0.3 is 5.97 Å².